The molecule has 0 saturated carbocycles. The predicted octanol–water partition coefficient (Wildman–Crippen LogP) is 4.89. The van der Waals surface area contributed by atoms with Crippen molar-refractivity contribution in [1.82, 2.24) is 5.32 Å². The predicted molar refractivity (Wildman–Crippen MR) is 143 cm³/mol. The summed E-state index contributed by atoms with van der Waals surface area (Å²) >= 11 is 0. The zero-order valence-corrected chi connectivity index (χ0v) is 22.8. The van der Waals surface area contributed by atoms with Crippen LogP contribution in [0.2, 0.25) is 0 Å². The van der Waals surface area contributed by atoms with Crippen molar-refractivity contribution in [2.75, 3.05) is 28.4 Å². The first kappa shape index (κ1) is 27.1. The molecule has 0 radical (unpaired) electrons. The molecule has 2 aliphatic rings. The Kier molecular flexibility index (Phi) is 7.99. The number of carbonyl (C=O) groups excluding carboxylic acids is 2. The van der Waals surface area contributed by atoms with Gasteiger partial charge in [-0.3, -0.25) is 9.59 Å². The molecule has 1 aliphatic carbocycles. The number of Topliss-reactive ketones (excluding diaryl/α,β-unsaturated/α-hetero) is 1. The van der Waals surface area contributed by atoms with Crippen molar-refractivity contribution >= 4 is 11.8 Å². The van der Waals surface area contributed by atoms with Crippen molar-refractivity contribution in [3.05, 3.63) is 71.1 Å². The second kappa shape index (κ2) is 11.2. The van der Waals surface area contributed by atoms with Gasteiger partial charge in [-0.05, 0) is 49.9 Å². The molecule has 8 nitrogen and oxygen atoms in total. The number of methoxy groups -OCH3 is 4. The van der Waals surface area contributed by atoms with Gasteiger partial charge < -0.3 is 29.0 Å². The van der Waals surface area contributed by atoms with Crippen LogP contribution in [-0.2, 0) is 14.3 Å². The zero-order chi connectivity index (χ0) is 27.6. The van der Waals surface area contributed by atoms with Crippen molar-refractivity contribution in [2.45, 2.75) is 44.6 Å². The number of esters is 1. The van der Waals surface area contributed by atoms with Crippen molar-refractivity contribution in [3.8, 4) is 23.0 Å². The third-order valence-corrected chi connectivity index (χ3v) is 7.10. The summed E-state index contributed by atoms with van der Waals surface area (Å²) in [7, 11) is 6.30. The number of ether oxygens (including phenoxy) is 5. The summed E-state index contributed by atoms with van der Waals surface area (Å²) < 4.78 is 27.5. The molecule has 2 aromatic carbocycles. The van der Waals surface area contributed by atoms with Crippen LogP contribution in [-0.4, -0.2) is 46.3 Å². The zero-order valence-electron chi connectivity index (χ0n) is 22.8. The maximum atomic E-state index is 13.9. The fraction of sp³-hybridized carbons (Fsp3) is 0.400. The van der Waals surface area contributed by atoms with E-state index in [4.69, 9.17) is 23.7 Å². The highest BCUT2D eigenvalue weighted by Gasteiger charge is 2.46. The molecule has 1 aliphatic heterocycles. The van der Waals surface area contributed by atoms with Crippen molar-refractivity contribution in [1.29, 1.82) is 0 Å². The first-order chi connectivity index (χ1) is 18.2. The molecule has 38 heavy (non-hydrogen) atoms. The summed E-state index contributed by atoms with van der Waals surface area (Å²) in [4.78, 5) is 27.3. The minimum atomic E-state index is -0.806. The Morgan fingerprint density at radius 3 is 2.26 bits per heavy atom. The molecule has 0 aromatic heterocycles. The molecule has 3 atom stereocenters. The van der Waals surface area contributed by atoms with Crippen LogP contribution in [0.4, 0.5) is 0 Å². The van der Waals surface area contributed by atoms with Crippen LogP contribution in [0.15, 0.2) is 59.9 Å². The number of benzene rings is 2. The van der Waals surface area contributed by atoms with Gasteiger partial charge >= 0.3 is 5.97 Å². The summed E-state index contributed by atoms with van der Waals surface area (Å²) in [6.07, 6.45) is 0.528. The van der Waals surface area contributed by atoms with E-state index in [1.165, 1.54) is 0 Å². The molecule has 0 saturated heterocycles. The molecule has 202 valence electrons. The highest BCUT2D eigenvalue weighted by Crippen LogP contribution is 2.50. The van der Waals surface area contributed by atoms with E-state index in [0.717, 1.165) is 11.3 Å². The highest BCUT2D eigenvalue weighted by atomic mass is 16.5. The normalized spacial score (nSPS) is 21.0. The third-order valence-electron chi connectivity index (χ3n) is 7.10. The van der Waals surface area contributed by atoms with E-state index < -0.39 is 17.8 Å². The largest absolute Gasteiger partial charge is 0.497 e. The monoisotopic (exact) mass is 521 g/mol. The lowest BCUT2D eigenvalue weighted by molar-refractivity contribution is -0.151. The fourth-order valence-corrected chi connectivity index (χ4v) is 5.39. The van der Waals surface area contributed by atoms with Gasteiger partial charge in [0.15, 0.2) is 17.3 Å². The second-order valence-corrected chi connectivity index (χ2v) is 9.73. The highest BCUT2D eigenvalue weighted by molar-refractivity contribution is 6.01. The van der Waals surface area contributed by atoms with Gasteiger partial charge in [0.05, 0.1) is 34.5 Å². The van der Waals surface area contributed by atoms with Gasteiger partial charge in [-0.2, -0.15) is 0 Å². The number of allylic oxidation sites excluding steroid dienone is 2. The summed E-state index contributed by atoms with van der Waals surface area (Å²) in [6.45, 7) is 7.78. The molecular formula is C30H35NO7. The third kappa shape index (κ3) is 5.08. The average Bonchev–Trinajstić information content (AvgIpc) is 2.90. The smallest absolute Gasteiger partial charge is 0.316 e. The van der Waals surface area contributed by atoms with Gasteiger partial charge in [0.1, 0.15) is 17.4 Å². The van der Waals surface area contributed by atoms with Crippen LogP contribution in [0, 0.1) is 5.92 Å². The number of ketones is 1. The van der Waals surface area contributed by atoms with Gasteiger partial charge in [0.2, 0.25) is 0 Å². The summed E-state index contributed by atoms with van der Waals surface area (Å²) in [6, 6.07) is 11.1. The Labute approximate surface area is 223 Å². The lowest BCUT2D eigenvalue weighted by Gasteiger charge is -2.40. The molecule has 0 bridgehead atoms. The van der Waals surface area contributed by atoms with Crippen LogP contribution >= 0.6 is 0 Å². The van der Waals surface area contributed by atoms with Gasteiger partial charge in [0, 0.05) is 40.9 Å². The van der Waals surface area contributed by atoms with Gasteiger partial charge in [-0.1, -0.05) is 18.7 Å². The minimum Gasteiger partial charge on any atom is -0.497 e. The van der Waals surface area contributed by atoms with E-state index in [0.29, 0.717) is 46.3 Å². The molecule has 1 N–H and O–H groups in total. The SMILES string of the molecule is C=C1NC2=C(C(=O)CC(c3ccc(OC)c(OC)c3)C2)C(c2ccc(OC)cc2OC)C1C(=O)OC(C)C. The summed E-state index contributed by atoms with van der Waals surface area (Å²) in [5, 5.41) is 3.31. The molecule has 4 rings (SSSR count). The molecule has 8 heteroatoms. The first-order valence-corrected chi connectivity index (χ1v) is 12.6. The Bertz CT molecular complexity index is 1280. The topological polar surface area (TPSA) is 92.3 Å². The lowest BCUT2D eigenvalue weighted by atomic mass is 9.68. The van der Waals surface area contributed by atoms with E-state index in [1.807, 2.05) is 24.3 Å². The van der Waals surface area contributed by atoms with Crippen molar-refractivity contribution in [3.63, 3.8) is 0 Å². The average molecular weight is 522 g/mol. The molecule has 0 amide bonds. The maximum absolute atomic E-state index is 13.9. The Morgan fingerprint density at radius 1 is 0.921 bits per heavy atom. The van der Waals surface area contributed by atoms with Gasteiger partial charge in [-0.15, -0.1) is 0 Å². The molecule has 2 aromatic rings. The fourth-order valence-electron chi connectivity index (χ4n) is 5.39. The maximum Gasteiger partial charge on any atom is 0.316 e. The van der Waals surface area contributed by atoms with Crippen molar-refractivity contribution < 1.29 is 33.3 Å². The van der Waals surface area contributed by atoms with Gasteiger partial charge in [0.25, 0.3) is 0 Å². The molecular weight excluding hydrogens is 486 g/mol. The van der Waals surface area contributed by atoms with Gasteiger partial charge in [-0.25, -0.2) is 0 Å². The van der Waals surface area contributed by atoms with E-state index in [9.17, 15) is 9.59 Å². The number of rotatable bonds is 8. The Balaban J connectivity index is 1.82. The molecule has 0 fully saturated rings. The number of carbonyl (C=O) groups is 2. The van der Waals surface area contributed by atoms with E-state index in [-0.39, 0.29) is 24.2 Å². The van der Waals surface area contributed by atoms with Crippen LogP contribution in [0.1, 0.15) is 49.7 Å². The van der Waals surface area contributed by atoms with Crippen LogP contribution < -0.4 is 24.3 Å². The van der Waals surface area contributed by atoms with Crippen LogP contribution in [0.3, 0.4) is 0 Å². The lowest BCUT2D eigenvalue weighted by Crippen LogP contribution is -2.42. The van der Waals surface area contributed by atoms with E-state index in [2.05, 4.69) is 11.9 Å². The number of hydrogen-bond acceptors (Lipinski definition) is 8. The van der Waals surface area contributed by atoms with E-state index >= 15 is 0 Å². The number of hydrogen-bond donors (Lipinski definition) is 1. The summed E-state index contributed by atoms with van der Waals surface area (Å²) in [5.74, 6) is 0.364. The molecule has 1 heterocycles. The van der Waals surface area contributed by atoms with Crippen molar-refractivity contribution in [2.24, 2.45) is 5.92 Å². The Hall–Kier alpha value is -3.94. The van der Waals surface area contributed by atoms with E-state index in [1.54, 1.807) is 54.4 Å². The quantitative estimate of drug-likeness (QED) is 0.491. The standard InChI is InChI=1S/C30H35NO7/c1-16(2)38-30(33)27-17(3)31-22-12-19(18-8-11-24(35-5)26(14-18)37-7)13-23(32)29(22)28(27)21-10-9-20(34-4)15-25(21)36-6/h8-11,14-16,19,27-28,31H,3,12-13H2,1-2,4-7H3. The van der Waals surface area contributed by atoms with Crippen LogP contribution in [0.5, 0.6) is 23.0 Å². The number of nitrogens with one attached hydrogen (secondary N) is 1. The molecule has 0 spiro atoms. The first-order valence-electron chi connectivity index (χ1n) is 12.6. The second-order valence-electron chi connectivity index (χ2n) is 9.73. The summed E-state index contributed by atoms with van der Waals surface area (Å²) in [5.41, 5.74) is 3.46. The minimum absolute atomic E-state index is 0.0451. The molecule has 3 unspecified atom stereocenters. The Morgan fingerprint density at radius 2 is 1.63 bits per heavy atom. The van der Waals surface area contributed by atoms with Crippen LogP contribution in [0.25, 0.3) is 0 Å².